The summed E-state index contributed by atoms with van der Waals surface area (Å²) < 4.78 is 40.1. The first-order valence-electron chi connectivity index (χ1n) is 8.73. The Labute approximate surface area is 154 Å². The van der Waals surface area contributed by atoms with Gasteiger partial charge in [-0.25, -0.2) is 13.2 Å². The lowest BCUT2D eigenvalue weighted by atomic mass is 9.99. The highest BCUT2D eigenvalue weighted by Gasteiger charge is 2.46. The van der Waals surface area contributed by atoms with E-state index in [9.17, 15) is 27.6 Å². The zero-order valence-corrected chi connectivity index (χ0v) is 14.9. The van der Waals surface area contributed by atoms with Crippen molar-refractivity contribution >= 4 is 17.7 Å². The average Bonchev–Trinajstić information content (AvgIpc) is 2.99. The average molecular weight is 383 g/mol. The first kappa shape index (κ1) is 19.2. The summed E-state index contributed by atoms with van der Waals surface area (Å²) in [7, 11) is 0. The smallest absolute Gasteiger partial charge is 0.254 e. The molecule has 2 saturated heterocycles. The number of carbonyl (C=O) groups is 3. The first-order chi connectivity index (χ1) is 12.7. The predicted molar refractivity (Wildman–Crippen MR) is 89.1 cm³/mol. The minimum Gasteiger partial charge on any atom is -0.347 e. The van der Waals surface area contributed by atoms with Crippen LogP contribution >= 0.6 is 0 Å². The second-order valence-corrected chi connectivity index (χ2v) is 7.35. The van der Waals surface area contributed by atoms with Gasteiger partial charge in [0.05, 0.1) is 5.56 Å². The number of fused-ring (bicyclic) bond motifs is 1. The second kappa shape index (κ2) is 7.21. The lowest BCUT2D eigenvalue weighted by Gasteiger charge is -2.35. The van der Waals surface area contributed by atoms with Crippen molar-refractivity contribution in [3.8, 4) is 0 Å². The van der Waals surface area contributed by atoms with Crippen LogP contribution in [0, 0.1) is 23.4 Å². The Balaban J connectivity index is 1.71. The Kier molecular flexibility index (Phi) is 5.12. The SMILES string of the molecule is CC(C)C[C@@H]1NC(=O)[C@@H]2C[C@H](NC(=O)c3cc(F)c(F)cc3F)CN2C1=O. The molecule has 2 heterocycles. The summed E-state index contributed by atoms with van der Waals surface area (Å²) in [5.74, 6) is -5.14. The third-order valence-corrected chi connectivity index (χ3v) is 4.80. The molecular formula is C18H20F3N3O3. The number of halogens is 3. The number of benzene rings is 1. The molecule has 2 aliphatic heterocycles. The van der Waals surface area contributed by atoms with E-state index in [2.05, 4.69) is 10.6 Å². The maximum Gasteiger partial charge on any atom is 0.254 e. The molecule has 0 bridgehead atoms. The Hall–Kier alpha value is -2.58. The number of nitrogens with one attached hydrogen (secondary N) is 2. The van der Waals surface area contributed by atoms with E-state index in [4.69, 9.17) is 0 Å². The van der Waals surface area contributed by atoms with Crippen molar-refractivity contribution in [1.29, 1.82) is 0 Å². The van der Waals surface area contributed by atoms with E-state index in [-0.39, 0.29) is 30.7 Å². The maximum absolute atomic E-state index is 13.8. The van der Waals surface area contributed by atoms with Crippen molar-refractivity contribution in [3.63, 3.8) is 0 Å². The zero-order chi connectivity index (χ0) is 19.9. The Bertz CT molecular complexity index is 800. The standard InChI is InChI=1S/C18H20F3N3O3/c1-8(2)3-14-18(27)24-7-9(4-15(24)17(26)23-14)22-16(25)10-5-12(20)13(21)6-11(10)19/h5-6,8-9,14-15H,3-4,7H2,1-2H3,(H,22,25)(H,23,26)/t9-,14-,15-/m0/s1. The number of piperazine rings is 1. The van der Waals surface area contributed by atoms with Crippen LogP contribution in [0.1, 0.15) is 37.0 Å². The fourth-order valence-electron chi connectivity index (χ4n) is 3.55. The van der Waals surface area contributed by atoms with Crippen LogP contribution in [-0.4, -0.2) is 47.3 Å². The highest BCUT2D eigenvalue weighted by atomic mass is 19.2. The molecule has 9 heteroatoms. The summed E-state index contributed by atoms with van der Waals surface area (Å²) in [6.07, 6.45) is 0.674. The molecule has 3 atom stereocenters. The summed E-state index contributed by atoms with van der Waals surface area (Å²) in [4.78, 5) is 38.5. The summed E-state index contributed by atoms with van der Waals surface area (Å²) in [6, 6.07) is -1.12. The first-order valence-corrected chi connectivity index (χ1v) is 8.73. The molecule has 3 amide bonds. The highest BCUT2D eigenvalue weighted by molar-refractivity contribution is 5.98. The van der Waals surface area contributed by atoms with Gasteiger partial charge in [-0.1, -0.05) is 13.8 Å². The Morgan fingerprint density at radius 1 is 1.22 bits per heavy atom. The van der Waals surface area contributed by atoms with Crippen LogP contribution in [0.2, 0.25) is 0 Å². The van der Waals surface area contributed by atoms with E-state index >= 15 is 0 Å². The van der Waals surface area contributed by atoms with Gasteiger partial charge >= 0.3 is 0 Å². The van der Waals surface area contributed by atoms with E-state index in [0.29, 0.717) is 18.6 Å². The van der Waals surface area contributed by atoms with Gasteiger partial charge < -0.3 is 15.5 Å². The summed E-state index contributed by atoms with van der Waals surface area (Å²) >= 11 is 0. The van der Waals surface area contributed by atoms with Crippen LogP contribution in [0.5, 0.6) is 0 Å². The molecule has 27 heavy (non-hydrogen) atoms. The summed E-state index contributed by atoms with van der Waals surface area (Å²) in [5, 5.41) is 5.20. The quantitative estimate of drug-likeness (QED) is 0.771. The lowest BCUT2D eigenvalue weighted by Crippen LogP contribution is -2.61. The number of hydrogen-bond donors (Lipinski definition) is 2. The molecule has 2 fully saturated rings. The van der Waals surface area contributed by atoms with Crippen LogP contribution in [0.3, 0.4) is 0 Å². The zero-order valence-electron chi connectivity index (χ0n) is 14.9. The largest absolute Gasteiger partial charge is 0.347 e. The molecule has 2 N–H and O–H groups in total. The minimum atomic E-state index is -1.39. The molecule has 3 rings (SSSR count). The van der Waals surface area contributed by atoms with Crippen LogP contribution < -0.4 is 10.6 Å². The van der Waals surface area contributed by atoms with Gasteiger partial charge in [-0.2, -0.15) is 0 Å². The van der Waals surface area contributed by atoms with E-state index < -0.39 is 47.0 Å². The minimum absolute atomic E-state index is 0.0998. The van der Waals surface area contributed by atoms with Crippen molar-refractivity contribution < 1.29 is 27.6 Å². The molecule has 0 radical (unpaired) electrons. The van der Waals surface area contributed by atoms with Crippen LogP contribution in [0.15, 0.2) is 12.1 Å². The molecule has 6 nitrogen and oxygen atoms in total. The van der Waals surface area contributed by atoms with Crippen molar-refractivity contribution in [2.45, 2.75) is 44.8 Å². The van der Waals surface area contributed by atoms with Crippen LogP contribution in [0.25, 0.3) is 0 Å². The molecule has 1 aromatic carbocycles. The predicted octanol–water partition coefficient (Wildman–Crippen LogP) is 1.35. The lowest BCUT2D eigenvalue weighted by molar-refractivity contribution is -0.147. The molecule has 0 unspecified atom stereocenters. The fourth-order valence-corrected chi connectivity index (χ4v) is 3.55. The van der Waals surface area contributed by atoms with E-state index in [1.165, 1.54) is 4.90 Å². The number of rotatable bonds is 4. The van der Waals surface area contributed by atoms with Gasteiger partial charge in [0.25, 0.3) is 5.91 Å². The van der Waals surface area contributed by atoms with Crippen LogP contribution in [0.4, 0.5) is 13.2 Å². The third-order valence-electron chi connectivity index (χ3n) is 4.80. The van der Waals surface area contributed by atoms with Gasteiger partial charge in [-0.15, -0.1) is 0 Å². The number of nitrogens with zero attached hydrogens (tertiary/aromatic N) is 1. The Morgan fingerprint density at radius 2 is 1.89 bits per heavy atom. The summed E-state index contributed by atoms with van der Waals surface area (Å²) in [5.41, 5.74) is -0.632. The van der Waals surface area contributed by atoms with Gasteiger partial charge in [-0.3, -0.25) is 14.4 Å². The number of hydrogen-bond acceptors (Lipinski definition) is 3. The molecular weight excluding hydrogens is 363 g/mol. The monoisotopic (exact) mass is 383 g/mol. The Morgan fingerprint density at radius 3 is 2.56 bits per heavy atom. The van der Waals surface area contributed by atoms with Gasteiger partial charge in [0.2, 0.25) is 11.8 Å². The van der Waals surface area contributed by atoms with E-state index in [1.54, 1.807) is 0 Å². The molecule has 0 saturated carbocycles. The van der Waals surface area contributed by atoms with E-state index in [0.717, 1.165) is 0 Å². The van der Waals surface area contributed by atoms with Gasteiger partial charge in [0.15, 0.2) is 11.6 Å². The van der Waals surface area contributed by atoms with Crippen molar-refractivity contribution in [1.82, 2.24) is 15.5 Å². The normalized spacial score (nSPS) is 24.8. The van der Waals surface area contributed by atoms with Gasteiger partial charge in [-0.05, 0) is 24.8 Å². The molecule has 1 aromatic rings. The van der Waals surface area contributed by atoms with Crippen molar-refractivity contribution in [3.05, 3.63) is 35.1 Å². The summed E-state index contributed by atoms with van der Waals surface area (Å²) in [6.45, 7) is 3.98. The number of amides is 3. The topological polar surface area (TPSA) is 78.5 Å². The van der Waals surface area contributed by atoms with Crippen molar-refractivity contribution in [2.24, 2.45) is 5.92 Å². The van der Waals surface area contributed by atoms with Gasteiger partial charge in [0, 0.05) is 18.7 Å². The number of carbonyl (C=O) groups excluding carboxylic acids is 3. The molecule has 0 spiro atoms. The van der Waals surface area contributed by atoms with Crippen LogP contribution in [-0.2, 0) is 9.59 Å². The second-order valence-electron chi connectivity index (χ2n) is 7.35. The van der Waals surface area contributed by atoms with Gasteiger partial charge in [0.1, 0.15) is 17.9 Å². The molecule has 146 valence electrons. The highest BCUT2D eigenvalue weighted by Crippen LogP contribution is 2.25. The maximum atomic E-state index is 13.8. The van der Waals surface area contributed by atoms with Crippen molar-refractivity contribution in [2.75, 3.05) is 6.54 Å². The molecule has 2 aliphatic rings. The molecule has 0 aromatic heterocycles. The van der Waals surface area contributed by atoms with E-state index in [1.807, 2.05) is 13.8 Å². The molecule has 0 aliphatic carbocycles. The fraction of sp³-hybridized carbons (Fsp3) is 0.500. The third kappa shape index (κ3) is 3.77.